The van der Waals surface area contributed by atoms with Crippen LogP contribution in [0.1, 0.15) is 57.1 Å². The molecule has 0 radical (unpaired) electrons. The van der Waals surface area contributed by atoms with Crippen molar-refractivity contribution < 1.29 is 13.9 Å². The van der Waals surface area contributed by atoms with Crippen molar-refractivity contribution in [1.29, 1.82) is 0 Å². The zero-order valence-electron chi connectivity index (χ0n) is 17.2. The van der Waals surface area contributed by atoms with Gasteiger partial charge in [-0.1, -0.05) is 26.0 Å². The van der Waals surface area contributed by atoms with E-state index in [1.165, 1.54) is 17.7 Å². The van der Waals surface area contributed by atoms with Gasteiger partial charge in [-0.3, -0.25) is 4.68 Å². The van der Waals surface area contributed by atoms with E-state index < -0.39 is 5.60 Å². The van der Waals surface area contributed by atoms with Crippen LogP contribution in [0.5, 0.6) is 0 Å². The maximum Gasteiger partial charge on any atom is 0.410 e. The van der Waals surface area contributed by atoms with Crippen molar-refractivity contribution in [2.24, 2.45) is 0 Å². The van der Waals surface area contributed by atoms with Crippen molar-refractivity contribution in [1.82, 2.24) is 14.7 Å². The van der Waals surface area contributed by atoms with Crippen LogP contribution in [0.3, 0.4) is 0 Å². The van der Waals surface area contributed by atoms with E-state index in [-0.39, 0.29) is 11.9 Å². The molecule has 5 nitrogen and oxygen atoms in total. The van der Waals surface area contributed by atoms with Gasteiger partial charge in [0.2, 0.25) is 0 Å². The van der Waals surface area contributed by atoms with Crippen molar-refractivity contribution in [2.45, 2.75) is 66.7 Å². The summed E-state index contributed by atoms with van der Waals surface area (Å²) in [7, 11) is 0. The van der Waals surface area contributed by atoms with Crippen LogP contribution in [0.4, 0.5) is 9.18 Å². The number of aromatic nitrogens is 2. The molecule has 0 saturated carbocycles. The van der Waals surface area contributed by atoms with Gasteiger partial charge in [0.15, 0.2) is 0 Å². The predicted molar refractivity (Wildman–Crippen MR) is 104 cm³/mol. The zero-order valence-corrected chi connectivity index (χ0v) is 17.2. The molecule has 1 aliphatic rings. The molecule has 0 saturated heterocycles. The number of hydrogen-bond acceptors (Lipinski definition) is 3. The van der Waals surface area contributed by atoms with Crippen LogP contribution in [0, 0.1) is 12.7 Å². The maximum absolute atomic E-state index is 13.1. The van der Waals surface area contributed by atoms with E-state index in [0.717, 1.165) is 23.4 Å². The van der Waals surface area contributed by atoms with Crippen LogP contribution in [-0.4, -0.2) is 32.9 Å². The minimum Gasteiger partial charge on any atom is -0.444 e. The molecular formula is C21H30FN3O2. The molecule has 1 amide bonds. The lowest BCUT2D eigenvalue weighted by atomic mass is 10.1. The SMILES string of the molecule is CC.Cc1nn(Cc2ccc(F)cc2)c2c1CCN(C(=O)OC(C)(C)C)C2. The highest BCUT2D eigenvalue weighted by atomic mass is 19.1. The van der Waals surface area contributed by atoms with Crippen LogP contribution in [0.25, 0.3) is 0 Å². The fraction of sp³-hybridized carbons (Fsp3) is 0.524. The van der Waals surface area contributed by atoms with Gasteiger partial charge in [0.25, 0.3) is 0 Å². The predicted octanol–water partition coefficient (Wildman–Crippen LogP) is 4.70. The minimum absolute atomic E-state index is 0.251. The van der Waals surface area contributed by atoms with E-state index in [2.05, 4.69) is 5.10 Å². The van der Waals surface area contributed by atoms with E-state index in [1.54, 1.807) is 17.0 Å². The first-order valence-electron chi connectivity index (χ1n) is 9.50. The monoisotopic (exact) mass is 375 g/mol. The summed E-state index contributed by atoms with van der Waals surface area (Å²) in [6, 6.07) is 6.41. The first-order valence-corrected chi connectivity index (χ1v) is 9.50. The summed E-state index contributed by atoms with van der Waals surface area (Å²) in [5.74, 6) is -0.251. The third-order valence-corrected chi connectivity index (χ3v) is 4.24. The molecule has 0 fully saturated rings. The molecular weight excluding hydrogens is 345 g/mol. The number of amides is 1. The van der Waals surface area contributed by atoms with Crippen molar-refractivity contribution >= 4 is 6.09 Å². The van der Waals surface area contributed by atoms with Gasteiger partial charge in [0.05, 0.1) is 24.5 Å². The summed E-state index contributed by atoms with van der Waals surface area (Å²) >= 11 is 0. The lowest BCUT2D eigenvalue weighted by Gasteiger charge is -2.30. The van der Waals surface area contributed by atoms with E-state index in [4.69, 9.17) is 4.74 Å². The first kappa shape index (κ1) is 20.9. The third kappa shape index (κ3) is 5.31. The van der Waals surface area contributed by atoms with Gasteiger partial charge in [0.1, 0.15) is 11.4 Å². The number of rotatable bonds is 2. The number of hydrogen-bond donors (Lipinski definition) is 0. The number of ether oxygens (including phenoxy) is 1. The van der Waals surface area contributed by atoms with Crippen LogP contribution in [0.2, 0.25) is 0 Å². The van der Waals surface area contributed by atoms with E-state index in [9.17, 15) is 9.18 Å². The molecule has 148 valence electrons. The number of aryl methyl sites for hydroxylation is 1. The Balaban J connectivity index is 0.00000126. The summed E-state index contributed by atoms with van der Waals surface area (Å²) in [6.07, 6.45) is 0.467. The van der Waals surface area contributed by atoms with Gasteiger partial charge in [-0.15, -0.1) is 0 Å². The zero-order chi connectivity index (χ0) is 20.2. The smallest absolute Gasteiger partial charge is 0.410 e. The Morgan fingerprint density at radius 2 is 1.85 bits per heavy atom. The van der Waals surface area contributed by atoms with Crippen LogP contribution < -0.4 is 0 Å². The summed E-state index contributed by atoms with van der Waals surface area (Å²) in [5.41, 5.74) is 3.67. The molecule has 2 aromatic rings. The largest absolute Gasteiger partial charge is 0.444 e. The molecule has 1 aromatic carbocycles. The Morgan fingerprint density at radius 3 is 2.44 bits per heavy atom. The second-order valence-corrected chi connectivity index (χ2v) is 7.45. The topological polar surface area (TPSA) is 47.4 Å². The second kappa shape index (κ2) is 8.55. The summed E-state index contributed by atoms with van der Waals surface area (Å²) in [5, 5.41) is 4.62. The Hall–Kier alpha value is -2.37. The van der Waals surface area contributed by atoms with Gasteiger partial charge in [-0.2, -0.15) is 5.10 Å². The molecule has 2 heterocycles. The number of nitrogens with zero attached hydrogens (tertiary/aromatic N) is 3. The summed E-state index contributed by atoms with van der Waals surface area (Å²) in [4.78, 5) is 14.1. The molecule has 0 aliphatic carbocycles. The number of carbonyl (C=O) groups is 1. The fourth-order valence-electron chi connectivity index (χ4n) is 3.05. The van der Waals surface area contributed by atoms with Crippen molar-refractivity contribution in [3.63, 3.8) is 0 Å². The molecule has 3 rings (SSSR count). The minimum atomic E-state index is -0.512. The van der Waals surface area contributed by atoms with Crippen LogP contribution in [-0.2, 0) is 24.2 Å². The van der Waals surface area contributed by atoms with Gasteiger partial charge in [-0.05, 0) is 57.4 Å². The van der Waals surface area contributed by atoms with E-state index in [1.807, 2.05) is 46.2 Å². The quantitative estimate of drug-likeness (QED) is 0.764. The molecule has 1 aromatic heterocycles. The molecule has 1 aliphatic heterocycles. The molecule has 0 unspecified atom stereocenters. The van der Waals surface area contributed by atoms with Gasteiger partial charge in [-0.25, -0.2) is 9.18 Å². The average molecular weight is 375 g/mol. The molecule has 27 heavy (non-hydrogen) atoms. The second-order valence-electron chi connectivity index (χ2n) is 7.45. The van der Waals surface area contributed by atoms with Crippen LogP contribution >= 0.6 is 0 Å². The molecule has 0 N–H and O–H groups in total. The maximum atomic E-state index is 13.1. The Labute approximate surface area is 161 Å². The number of halogens is 1. The molecule has 0 spiro atoms. The fourth-order valence-corrected chi connectivity index (χ4v) is 3.05. The highest BCUT2D eigenvalue weighted by molar-refractivity contribution is 5.68. The lowest BCUT2D eigenvalue weighted by Crippen LogP contribution is -2.40. The third-order valence-electron chi connectivity index (χ3n) is 4.24. The average Bonchev–Trinajstić information content (AvgIpc) is 2.92. The van der Waals surface area contributed by atoms with E-state index >= 15 is 0 Å². The molecule has 0 atom stereocenters. The van der Waals surface area contributed by atoms with Crippen molar-refractivity contribution in [3.05, 3.63) is 52.6 Å². The van der Waals surface area contributed by atoms with E-state index in [0.29, 0.717) is 19.6 Å². The first-order chi connectivity index (χ1) is 12.7. The number of fused-ring (bicyclic) bond motifs is 1. The highest BCUT2D eigenvalue weighted by Gasteiger charge is 2.29. The Morgan fingerprint density at radius 1 is 1.22 bits per heavy atom. The van der Waals surface area contributed by atoms with Gasteiger partial charge < -0.3 is 9.64 Å². The van der Waals surface area contributed by atoms with Crippen LogP contribution in [0.15, 0.2) is 24.3 Å². The highest BCUT2D eigenvalue weighted by Crippen LogP contribution is 2.24. The van der Waals surface area contributed by atoms with Crippen molar-refractivity contribution in [3.8, 4) is 0 Å². The number of benzene rings is 1. The molecule has 0 bridgehead atoms. The summed E-state index contributed by atoms with van der Waals surface area (Å²) < 4.78 is 20.5. The van der Waals surface area contributed by atoms with Gasteiger partial charge >= 0.3 is 6.09 Å². The van der Waals surface area contributed by atoms with Gasteiger partial charge in [0, 0.05) is 6.54 Å². The standard InChI is InChI=1S/C19H24FN3O2.C2H6/c1-13-16-9-10-22(18(24)25-19(2,3)4)12-17(16)23(21-13)11-14-5-7-15(20)8-6-14;1-2/h5-8H,9-12H2,1-4H3;1-2H3. The van der Waals surface area contributed by atoms with Crippen molar-refractivity contribution in [2.75, 3.05) is 6.54 Å². The summed E-state index contributed by atoms with van der Waals surface area (Å²) in [6.45, 7) is 13.2. The Kier molecular flexibility index (Phi) is 6.63. The normalized spacial score (nSPS) is 13.5. The lowest BCUT2D eigenvalue weighted by molar-refractivity contribution is 0.0219. The molecule has 6 heteroatoms. The Bertz CT molecular complexity index is 776. The number of carbonyl (C=O) groups excluding carboxylic acids is 1.